The first-order valence-electron chi connectivity index (χ1n) is 9.57. The van der Waals surface area contributed by atoms with E-state index in [1.165, 1.54) is 6.33 Å². The molecule has 1 spiro atoms. The largest absolute Gasteiger partial charge is 0.384 e. The monoisotopic (exact) mass is 380 g/mol. The van der Waals surface area contributed by atoms with E-state index in [-0.39, 0.29) is 11.5 Å². The molecule has 28 heavy (non-hydrogen) atoms. The molecule has 0 bridgehead atoms. The number of rotatable bonds is 3. The number of hydrogen-bond acceptors (Lipinski definition) is 6. The predicted octanol–water partition coefficient (Wildman–Crippen LogP) is 2.44. The average molecular weight is 380 g/mol. The van der Waals surface area contributed by atoms with Crippen LogP contribution in [0.3, 0.4) is 0 Å². The Morgan fingerprint density at radius 3 is 2.93 bits per heavy atom. The van der Waals surface area contributed by atoms with E-state index in [1.54, 1.807) is 16.7 Å². The number of pyridine rings is 1. The Bertz CT molecular complexity index is 1030. The molecule has 0 saturated heterocycles. The Hall–Kier alpha value is -3.16. The molecule has 146 valence electrons. The average Bonchev–Trinajstić information content (AvgIpc) is 2.81. The van der Waals surface area contributed by atoms with Gasteiger partial charge in [-0.2, -0.15) is 0 Å². The zero-order valence-corrected chi connectivity index (χ0v) is 16.0. The molecule has 2 unspecified atom stereocenters. The van der Waals surface area contributed by atoms with Crippen molar-refractivity contribution in [3.63, 3.8) is 0 Å². The van der Waals surface area contributed by atoms with Gasteiger partial charge in [0.25, 0.3) is 11.5 Å². The Morgan fingerprint density at radius 1 is 1.36 bits per heavy atom. The van der Waals surface area contributed by atoms with E-state index in [0.717, 1.165) is 24.8 Å². The summed E-state index contributed by atoms with van der Waals surface area (Å²) in [5.74, 6) is 0.980. The zero-order chi connectivity index (χ0) is 19.9. The third kappa shape index (κ3) is 2.94. The highest BCUT2D eigenvalue weighted by Crippen LogP contribution is 2.35. The van der Waals surface area contributed by atoms with Crippen LogP contribution < -0.4 is 21.9 Å². The molecule has 3 heterocycles. The molecule has 0 saturated carbocycles. The molecule has 1 amide bonds. The Morgan fingerprint density at radius 2 is 2.18 bits per heavy atom. The molecular weight excluding hydrogens is 356 g/mol. The summed E-state index contributed by atoms with van der Waals surface area (Å²) < 4.78 is 1.60. The number of carbonyl (C=O) groups is 1. The lowest BCUT2D eigenvalue weighted by Gasteiger charge is -2.28. The van der Waals surface area contributed by atoms with Gasteiger partial charge in [-0.15, -0.1) is 0 Å². The van der Waals surface area contributed by atoms with E-state index in [4.69, 9.17) is 5.73 Å². The smallest absolute Gasteiger partial charge is 0.277 e. The number of nitrogens with zero attached hydrogens (tertiary/aromatic N) is 3. The molecule has 8 heteroatoms. The molecule has 2 aromatic rings. The number of fused-ring (bicyclic) bond motifs is 2. The number of amides is 1. The van der Waals surface area contributed by atoms with Crippen molar-refractivity contribution < 1.29 is 4.79 Å². The van der Waals surface area contributed by atoms with Crippen molar-refractivity contribution in [2.24, 2.45) is 5.92 Å². The summed E-state index contributed by atoms with van der Waals surface area (Å²) in [6.07, 6.45) is 9.16. The number of aryl methyl sites for hydroxylation is 1. The maximum Gasteiger partial charge on any atom is 0.277 e. The van der Waals surface area contributed by atoms with Crippen LogP contribution in [0.4, 0.5) is 17.3 Å². The van der Waals surface area contributed by atoms with Crippen molar-refractivity contribution in [3.05, 3.63) is 52.2 Å². The van der Waals surface area contributed by atoms with Gasteiger partial charge in [0.15, 0.2) is 0 Å². The van der Waals surface area contributed by atoms with Crippen molar-refractivity contribution in [2.75, 3.05) is 11.1 Å². The molecule has 2 atom stereocenters. The van der Waals surface area contributed by atoms with Crippen molar-refractivity contribution >= 4 is 23.2 Å². The second-order valence-electron chi connectivity index (χ2n) is 7.48. The van der Waals surface area contributed by atoms with Crippen molar-refractivity contribution in [3.8, 4) is 0 Å². The lowest BCUT2D eigenvalue weighted by atomic mass is 10.0. The molecule has 4 rings (SSSR count). The quantitative estimate of drug-likeness (QED) is 0.705. The fourth-order valence-corrected chi connectivity index (χ4v) is 4.13. The maximum absolute atomic E-state index is 13.4. The van der Waals surface area contributed by atoms with Crippen LogP contribution in [-0.4, -0.2) is 20.4 Å². The van der Waals surface area contributed by atoms with Crippen LogP contribution in [0.1, 0.15) is 48.7 Å². The second-order valence-corrected chi connectivity index (χ2v) is 7.48. The number of nitrogen functional groups attached to an aromatic ring is 1. The van der Waals surface area contributed by atoms with Gasteiger partial charge in [0.1, 0.15) is 35.0 Å². The number of aromatic nitrogens is 3. The summed E-state index contributed by atoms with van der Waals surface area (Å²) in [5.41, 5.74) is 6.11. The van der Waals surface area contributed by atoms with Crippen LogP contribution >= 0.6 is 0 Å². The fraction of sp³-hybridized carbons (Fsp3) is 0.400. The first kappa shape index (κ1) is 18.2. The van der Waals surface area contributed by atoms with Gasteiger partial charge in [-0.1, -0.05) is 13.0 Å². The summed E-state index contributed by atoms with van der Waals surface area (Å²) in [6.45, 7) is 3.98. The lowest BCUT2D eigenvalue weighted by Crippen LogP contribution is -2.45. The summed E-state index contributed by atoms with van der Waals surface area (Å²) in [6, 6.07) is 3.24. The Kier molecular flexibility index (Phi) is 4.41. The van der Waals surface area contributed by atoms with Crippen molar-refractivity contribution in [2.45, 2.75) is 45.2 Å². The van der Waals surface area contributed by atoms with E-state index in [1.807, 2.05) is 13.0 Å². The molecule has 4 N–H and O–H groups in total. The normalized spacial score (nSPS) is 23.4. The fourth-order valence-electron chi connectivity index (χ4n) is 4.13. The summed E-state index contributed by atoms with van der Waals surface area (Å²) in [5, 5.41) is 6.09. The molecule has 8 nitrogen and oxygen atoms in total. The standard InChI is InChI=1S/C20H24N6O2/c1-3-13-5-4-7-20(8-6-13)25-18(27)17-12(2)9-14(19(28)26(17)20)24-16-10-15(21)22-11-23-16/h6,8-11,13H,3-5,7H2,1-2H3,(H,25,27)(H3,21,22,23,24). The first-order chi connectivity index (χ1) is 13.4. The second kappa shape index (κ2) is 6.78. The topological polar surface area (TPSA) is 115 Å². The van der Waals surface area contributed by atoms with Crippen LogP contribution in [0.2, 0.25) is 0 Å². The van der Waals surface area contributed by atoms with Gasteiger partial charge in [-0.3, -0.25) is 14.2 Å². The van der Waals surface area contributed by atoms with Gasteiger partial charge < -0.3 is 16.4 Å². The van der Waals surface area contributed by atoms with Crippen LogP contribution in [0, 0.1) is 12.8 Å². The van der Waals surface area contributed by atoms with Crippen LogP contribution in [0.15, 0.2) is 35.4 Å². The molecule has 0 aromatic carbocycles. The van der Waals surface area contributed by atoms with E-state index >= 15 is 0 Å². The van der Waals surface area contributed by atoms with Crippen LogP contribution in [-0.2, 0) is 5.66 Å². The number of nitrogens with one attached hydrogen (secondary N) is 2. The van der Waals surface area contributed by atoms with E-state index in [2.05, 4.69) is 33.6 Å². The molecule has 2 aliphatic rings. The summed E-state index contributed by atoms with van der Waals surface area (Å²) >= 11 is 0. The first-order valence-corrected chi connectivity index (χ1v) is 9.57. The van der Waals surface area contributed by atoms with Gasteiger partial charge >= 0.3 is 0 Å². The van der Waals surface area contributed by atoms with Gasteiger partial charge in [0.2, 0.25) is 0 Å². The number of anilines is 3. The van der Waals surface area contributed by atoms with E-state index < -0.39 is 5.66 Å². The number of nitrogens with two attached hydrogens (primary N) is 1. The highest BCUT2D eigenvalue weighted by Gasteiger charge is 2.43. The van der Waals surface area contributed by atoms with Crippen molar-refractivity contribution in [1.29, 1.82) is 0 Å². The molecule has 1 aliphatic heterocycles. The molecule has 0 fully saturated rings. The minimum atomic E-state index is -0.819. The highest BCUT2D eigenvalue weighted by molar-refractivity contribution is 5.97. The summed E-state index contributed by atoms with van der Waals surface area (Å²) in [7, 11) is 0. The Balaban J connectivity index is 1.84. The zero-order valence-electron chi connectivity index (χ0n) is 16.0. The highest BCUT2D eigenvalue weighted by atomic mass is 16.2. The molecule has 1 aliphatic carbocycles. The van der Waals surface area contributed by atoms with E-state index in [0.29, 0.717) is 35.4 Å². The van der Waals surface area contributed by atoms with Crippen LogP contribution in [0.25, 0.3) is 0 Å². The molecule has 2 aromatic heterocycles. The number of carbonyl (C=O) groups excluding carboxylic acids is 1. The van der Waals surface area contributed by atoms with Gasteiger partial charge in [0, 0.05) is 6.07 Å². The third-order valence-corrected chi connectivity index (χ3v) is 5.59. The van der Waals surface area contributed by atoms with Gasteiger partial charge in [0.05, 0.1) is 0 Å². The minimum absolute atomic E-state index is 0.216. The lowest BCUT2D eigenvalue weighted by molar-refractivity contribution is 0.0934. The van der Waals surface area contributed by atoms with Crippen LogP contribution in [0.5, 0.6) is 0 Å². The van der Waals surface area contributed by atoms with E-state index in [9.17, 15) is 9.59 Å². The maximum atomic E-state index is 13.4. The van der Waals surface area contributed by atoms with Crippen molar-refractivity contribution in [1.82, 2.24) is 19.9 Å². The predicted molar refractivity (Wildman–Crippen MR) is 107 cm³/mol. The minimum Gasteiger partial charge on any atom is -0.384 e. The molecular formula is C20H24N6O2. The SMILES string of the molecule is CCC1C=CC2(CCC1)NC(=O)c1c(C)cc(Nc3cc(N)ncn3)c(=O)n12. The van der Waals surface area contributed by atoms with Gasteiger partial charge in [-0.25, -0.2) is 9.97 Å². The molecule has 0 radical (unpaired) electrons. The van der Waals surface area contributed by atoms with Gasteiger partial charge in [-0.05, 0) is 56.2 Å². The number of hydrogen-bond donors (Lipinski definition) is 3. The number of allylic oxidation sites excluding steroid dienone is 1. The third-order valence-electron chi connectivity index (χ3n) is 5.59. The Labute approximate surface area is 162 Å². The summed E-state index contributed by atoms with van der Waals surface area (Å²) in [4.78, 5) is 34.1.